The summed E-state index contributed by atoms with van der Waals surface area (Å²) in [6.07, 6.45) is 3.87. The summed E-state index contributed by atoms with van der Waals surface area (Å²) in [4.78, 5) is 58.1. The second-order valence-electron chi connectivity index (χ2n) is 4.36. The van der Waals surface area contributed by atoms with Gasteiger partial charge in [0, 0.05) is 24.0 Å². The van der Waals surface area contributed by atoms with Crippen molar-refractivity contribution in [3.63, 3.8) is 0 Å². The number of carboxylic acid groups (broad SMARTS) is 3. The van der Waals surface area contributed by atoms with Gasteiger partial charge in [0.25, 0.3) is 0 Å². The van der Waals surface area contributed by atoms with E-state index in [1.54, 1.807) is 0 Å². The summed E-state index contributed by atoms with van der Waals surface area (Å²) in [7, 11) is 0. The van der Waals surface area contributed by atoms with Gasteiger partial charge >= 0.3 is 26.2 Å². The molecule has 0 aliphatic heterocycles. The molecule has 27 heavy (non-hydrogen) atoms. The Labute approximate surface area is 177 Å². The molecule has 0 aromatic heterocycles. The van der Waals surface area contributed by atoms with Crippen LogP contribution in [0.25, 0.3) is 0 Å². The molecule has 0 aliphatic carbocycles. The average molecular weight is 469 g/mol. The van der Waals surface area contributed by atoms with Gasteiger partial charge in [0.05, 0.1) is 0 Å². The number of aliphatic hydroxyl groups excluding tert-OH is 1. The molecule has 0 bridgehead atoms. The summed E-state index contributed by atoms with van der Waals surface area (Å²) in [5, 5.41) is 31.5. The molecule has 0 amide bonds. The summed E-state index contributed by atoms with van der Waals surface area (Å²) in [6, 6.07) is 0. The van der Waals surface area contributed by atoms with Crippen LogP contribution in [-0.2, 0) is 55.0 Å². The minimum absolute atomic E-state index is 0. The molecule has 0 rings (SSSR count). The van der Waals surface area contributed by atoms with Crippen molar-refractivity contribution in [3.8, 4) is 0 Å². The molecule has 0 saturated heterocycles. The molecule has 10 nitrogen and oxygen atoms in total. The van der Waals surface area contributed by atoms with Gasteiger partial charge in [-0.1, -0.05) is 13.3 Å². The Morgan fingerprint density at radius 1 is 0.667 bits per heavy atom. The summed E-state index contributed by atoms with van der Waals surface area (Å²) in [6.45, 7) is 5.96. The minimum atomic E-state index is -1.19. The average Bonchev–Trinajstić information content (AvgIpc) is 2.36. The molecule has 0 atom stereocenters. The van der Waals surface area contributed by atoms with E-state index in [1.807, 2.05) is 0 Å². The number of hydrogen-bond acceptors (Lipinski definition) is 7. The third-order valence-corrected chi connectivity index (χ3v) is 1.49. The Bertz CT molecular complexity index is 360. The maximum absolute atomic E-state index is 9.82. The molecule has 0 unspecified atom stereocenters. The van der Waals surface area contributed by atoms with Crippen LogP contribution >= 0.6 is 0 Å². The molecule has 11 heteroatoms. The van der Waals surface area contributed by atoms with E-state index in [0.29, 0.717) is 25.9 Å². The van der Waals surface area contributed by atoms with Gasteiger partial charge in [-0.3, -0.25) is 14.4 Å². The zero-order valence-electron chi connectivity index (χ0n) is 15.6. The molecule has 0 aliphatic rings. The van der Waals surface area contributed by atoms with Crippen molar-refractivity contribution in [2.45, 2.75) is 40.5 Å². The normalized spacial score (nSPS) is 7.44. The predicted octanol–water partition coefficient (Wildman–Crippen LogP) is 0.369. The second-order valence-corrected chi connectivity index (χ2v) is 4.36. The SMILES string of the molecule is CC(=O)[CH-]C(=O)O.CC(=O)[CH-]C(=O)O.CC(=O)[CH-]C(=O)O.CCCCO.[Zr+3]. The fraction of sp³-hybridized carbons (Fsp3) is 0.438. The molecule has 1 radical (unpaired) electrons. The topological polar surface area (TPSA) is 183 Å². The van der Waals surface area contributed by atoms with Crippen LogP contribution in [0, 0.1) is 19.3 Å². The van der Waals surface area contributed by atoms with E-state index in [4.69, 9.17) is 20.4 Å². The zero-order chi connectivity index (χ0) is 21.7. The van der Waals surface area contributed by atoms with Crippen LogP contribution in [0.15, 0.2) is 0 Å². The van der Waals surface area contributed by atoms with Crippen molar-refractivity contribution < 1.29 is 75.4 Å². The van der Waals surface area contributed by atoms with E-state index in [9.17, 15) is 28.8 Å². The zero-order valence-corrected chi connectivity index (χ0v) is 18.0. The Kier molecular flexibility index (Phi) is 34.7. The Morgan fingerprint density at radius 3 is 0.889 bits per heavy atom. The number of hydrogen-bond donors (Lipinski definition) is 4. The van der Waals surface area contributed by atoms with Crippen LogP contribution < -0.4 is 0 Å². The van der Waals surface area contributed by atoms with Crippen molar-refractivity contribution in [2.75, 3.05) is 6.61 Å². The Balaban J connectivity index is -0.0000000793. The third kappa shape index (κ3) is 81.0. The van der Waals surface area contributed by atoms with Gasteiger partial charge in [-0.15, -0.1) is 0 Å². The van der Waals surface area contributed by atoms with Gasteiger partial charge in [0.15, 0.2) is 17.9 Å². The molecule has 0 aromatic rings. The van der Waals surface area contributed by atoms with Gasteiger partial charge in [-0.05, 0) is 27.2 Å². The van der Waals surface area contributed by atoms with E-state index >= 15 is 0 Å². The van der Waals surface area contributed by atoms with Crippen molar-refractivity contribution in [2.24, 2.45) is 0 Å². The van der Waals surface area contributed by atoms with Crippen LogP contribution in [0.5, 0.6) is 0 Å². The number of aliphatic carboxylic acids is 3. The summed E-state index contributed by atoms with van der Waals surface area (Å²) in [5.74, 6) is -4.87. The Hall–Kier alpha value is -2.13. The first-order chi connectivity index (χ1) is 11.8. The van der Waals surface area contributed by atoms with Gasteiger partial charge in [-0.2, -0.15) is 0 Å². The first-order valence-electron chi connectivity index (χ1n) is 7.15. The van der Waals surface area contributed by atoms with Crippen molar-refractivity contribution in [1.29, 1.82) is 0 Å². The molecule has 0 fully saturated rings. The number of carbonyl (C=O) groups is 6. The van der Waals surface area contributed by atoms with Crippen molar-refractivity contribution >= 4 is 35.3 Å². The monoisotopic (exact) mass is 467 g/mol. The number of Topliss-reactive ketones (excluding diaryl/α,β-unsaturated/α-hetero) is 3. The molecule has 0 saturated carbocycles. The number of carbonyl (C=O) groups excluding carboxylic acids is 3. The van der Waals surface area contributed by atoms with E-state index < -0.39 is 35.3 Å². The van der Waals surface area contributed by atoms with Crippen LogP contribution in [0.3, 0.4) is 0 Å². The molecule has 0 aromatic carbocycles. The largest absolute Gasteiger partial charge is 3.00 e. The quantitative estimate of drug-likeness (QED) is 0.287. The maximum Gasteiger partial charge on any atom is 3.00 e. The van der Waals surface area contributed by atoms with Crippen LogP contribution in [0.2, 0.25) is 0 Å². The van der Waals surface area contributed by atoms with Gasteiger partial charge in [-0.25, -0.2) is 19.3 Å². The van der Waals surface area contributed by atoms with Crippen molar-refractivity contribution in [1.82, 2.24) is 0 Å². The molecule has 153 valence electrons. The number of unbranched alkanes of at least 4 members (excludes halogenated alkanes) is 1. The van der Waals surface area contributed by atoms with E-state index in [-0.39, 0.29) is 26.2 Å². The molecule has 0 spiro atoms. The Morgan fingerprint density at radius 2 is 0.889 bits per heavy atom. The van der Waals surface area contributed by atoms with E-state index in [2.05, 4.69) is 6.92 Å². The first-order valence-corrected chi connectivity index (χ1v) is 7.15. The molecule has 4 N–H and O–H groups in total. The second kappa shape index (κ2) is 26.1. The van der Waals surface area contributed by atoms with Gasteiger partial charge < -0.3 is 34.8 Å². The molecular formula is C16H25O10Zr. The number of ketones is 3. The van der Waals surface area contributed by atoms with Crippen LogP contribution in [0.1, 0.15) is 40.5 Å². The number of carboxylic acids is 3. The number of aliphatic hydroxyl groups is 1. The van der Waals surface area contributed by atoms with Crippen LogP contribution in [0.4, 0.5) is 0 Å². The van der Waals surface area contributed by atoms with Crippen LogP contribution in [-0.4, -0.2) is 62.3 Å². The van der Waals surface area contributed by atoms with E-state index in [0.717, 1.165) is 12.8 Å². The van der Waals surface area contributed by atoms with Gasteiger partial charge in [0.2, 0.25) is 0 Å². The van der Waals surface area contributed by atoms with Gasteiger partial charge in [0.1, 0.15) is 0 Å². The fourth-order valence-electron chi connectivity index (χ4n) is 0.680. The molecular weight excluding hydrogens is 443 g/mol. The number of rotatable bonds is 8. The van der Waals surface area contributed by atoms with E-state index in [1.165, 1.54) is 20.8 Å². The first kappa shape index (κ1) is 35.9. The smallest absolute Gasteiger partial charge is 0.503 e. The maximum atomic E-state index is 9.82. The predicted molar refractivity (Wildman–Crippen MR) is 89.8 cm³/mol. The summed E-state index contributed by atoms with van der Waals surface area (Å²) in [5.41, 5.74) is 0. The standard InChI is InChI=1S/3C4H5O3.C4H10O.Zr/c3*1-3(5)2-4(6)7;1-2-3-4-5;/h3*2H,1H3,(H,6,7);5H,2-4H2,1H3;/q3*-1;;+3. The summed E-state index contributed by atoms with van der Waals surface area (Å²) >= 11 is 0. The van der Waals surface area contributed by atoms with Crippen molar-refractivity contribution in [3.05, 3.63) is 19.3 Å². The fourth-order valence-corrected chi connectivity index (χ4v) is 0.680. The molecule has 0 heterocycles. The summed E-state index contributed by atoms with van der Waals surface area (Å²) < 4.78 is 0. The minimum Gasteiger partial charge on any atom is -0.503 e. The third-order valence-electron chi connectivity index (χ3n) is 1.49.